The van der Waals surface area contributed by atoms with Crippen LogP contribution in [-0.4, -0.2) is 18.9 Å². The molecule has 3 fully saturated rings. The van der Waals surface area contributed by atoms with Crippen molar-refractivity contribution in [2.24, 2.45) is 39.5 Å². The summed E-state index contributed by atoms with van der Waals surface area (Å²) in [6, 6.07) is 0. The lowest BCUT2D eigenvalue weighted by atomic mass is 9.47. The molecule has 4 aliphatic rings. The zero-order chi connectivity index (χ0) is 17.7. The minimum Gasteiger partial charge on any atom is -0.394 e. The van der Waals surface area contributed by atoms with Gasteiger partial charge in [-0.15, -0.1) is 0 Å². The highest BCUT2D eigenvalue weighted by Gasteiger charge is 2.57. The van der Waals surface area contributed by atoms with Crippen molar-refractivity contribution in [1.82, 2.24) is 0 Å². The summed E-state index contributed by atoms with van der Waals surface area (Å²) >= 11 is 0. The molecule has 25 heavy (non-hydrogen) atoms. The van der Waals surface area contributed by atoms with Gasteiger partial charge in [-0.1, -0.05) is 36.7 Å². The van der Waals surface area contributed by atoms with Crippen LogP contribution in [-0.2, 0) is 4.84 Å². The van der Waals surface area contributed by atoms with Gasteiger partial charge in [-0.25, -0.2) is 0 Å². The Morgan fingerprint density at radius 2 is 1.92 bits per heavy atom. The van der Waals surface area contributed by atoms with Crippen molar-refractivity contribution < 1.29 is 4.84 Å². The molecule has 3 saturated carbocycles. The van der Waals surface area contributed by atoms with Gasteiger partial charge in [0.05, 0.1) is 5.71 Å². The maximum Gasteiger partial charge on any atom is 0.129 e. The molecule has 0 bridgehead atoms. The molecule has 0 heterocycles. The largest absolute Gasteiger partial charge is 0.394 e. The van der Waals surface area contributed by atoms with E-state index in [0.29, 0.717) is 24.0 Å². The Morgan fingerprint density at radius 1 is 1.12 bits per heavy atom. The van der Waals surface area contributed by atoms with Gasteiger partial charge in [-0.05, 0) is 86.0 Å². The van der Waals surface area contributed by atoms with E-state index < -0.39 is 0 Å². The molecule has 0 saturated heterocycles. The maximum atomic E-state index is 5.49. The third-order valence-corrected chi connectivity index (χ3v) is 8.32. The molecular formula is C22H34N2O. The standard InChI is InChI=1S/C22H34N2O/c1-15-4-7-19-18-6-5-16-14-17(24-25-13-12-23)8-10-22(16,3)20(18)9-11-21(15,19)2/h14,18-20H,1,4-13,23H2,2-3H3/t18?,19?,20?,21-,22+/m1/s1. The minimum absolute atomic E-state index is 0.376. The summed E-state index contributed by atoms with van der Waals surface area (Å²) in [5.41, 5.74) is 10.6. The predicted molar refractivity (Wildman–Crippen MR) is 103 cm³/mol. The van der Waals surface area contributed by atoms with Gasteiger partial charge < -0.3 is 10.6 Å². The van der Waals surface area contributed by atoms with Crippen molar-refractivity contribution >= 4 is 5.71 Å². The fourth-order valence-electron chi connectivity index (χ4n) is 6.73. The molecule has 5 atom stereocenters. The number of nitrogens with zero attached hydrogens (tertiary/aromatic N) is 1. The van der Waals surface area contributed by atoms with Gasteiger partial charge in [-0.3, -0.25) is 0 Å². The van der Waals surface area contributed by atoms with Crippen molar-refractivity contribution in [3.8, 4) is 0 Å². The highest BCUT2D eigenvalue weighted by atomic mass is 16.6. The van der Waals surface area contributed by atoms with E-state index in [1.165, 1.54) is 50.5 Å². The Kier molecular flexibility index (Phi) is 4.34. The molecule has 0 radical (unpaired) electrons. The monoisotopic (exact) mass is 342 g/mol. The third-order valence-electron chi connectivity index (χ3n) is 8.32. The molecular weight excluding hydrogens is 308 g/mol. The molecule has 4 rings (SSSR count). The Morgan fingerprint density at radius 3 is 2.72 bits per heavy atom. The quantitative estimate of drug-likeness (QED) is 0.453. The van der Waals surface area contributed by atoms with E-state index in [1.807, 2.05) is 0 Å². The summed E-state index contributed by atoms with van der Waals surface area (Å²) < 4.78 is 0. The number of oxime groups is 1. The van der Waals surface area contributed by atoms with Gasteiger partial charge >= 0.3 is 0 Å². The van der Waals surface area contributed by atoms with E-state index >= 15 is 0 Å². The van der Waals surface area contributed by atoms with Gasteiger partial charge in [-0.2, -0.15) is 0 Å². The molecule has 0 aromatic rings. The Bertz CT molecular complexity index is 622. The lowest BCUT2D eigenvalue weighted by molar-refractivity contribution is -0.0226. The van der Waals surface area contributed by atoms with Gasteiger partial charge in [0.2, 0.25) is 0 Å². The van der Waals surface area contributed by atoms with Gasteiger partial charge in [0, 0.05) is 6.54 Å². The fraction of sp³-hybridized carbons (Fsp3) is 0.773. The predicted octanol–water partition coefficient (Wildman–Crippen LogP) is 4.84. The van der Waals surface area contributed by atoms with Crippen LogP contribution >= 0.6 is 0 Å². The van der Waals surface area contributed by atoms with Crippen LogP contribution < -0.4 is 5.73 Å². The second kappa shape index (κ2) is 6.26. The number of nitrogens with two attached hydrogens (primary N) is 1. The molecule has 0 spiro atoms. The van der Waals surface area contributed by atoms with Crippen molar-refractivity contribution in [1.29, 1.82) is 0 Å². The van der Waals surface area contributed by atoms with E-state index in [0.717, 1.165) is 29.9 Å². The minimum atomic E-state index is 0.376. The fourth-order valence-corrected chi connectivity index (χ4v) is 6.73. The molecule has 0 amide bonds. The first kappa shape index (κ1) is 17.3. The van der Waals surface area contributed by atoms with Crippen molar-refractivity contribution in [3.63, 3.8) is 0 Å². The smallest absolute Gasteiger partial charge is 0.129 e. The second-order valence-electron chi connectivity index (χ2n) is 9.31. The highest BCUT2D eigenvalue weighted by molar-refractivity contribution is 5.96. The summed E-state index contributed by atoms with van der Waals surface area (Å²) in [5.74, 6) is 2.62. The van der Waals surface area contributed by atoms with E-state index in [4.69, 9.17) is 10.6 Å². The van der Waals surface area contributed by atoms with Crippen LogP contribution in [0.5, 0.6) is 0 Å². The summed E-state index contributed by atoms with van der Waals surface area (Å²) in [5, 5.41) is 4.32. The molecule has 2 N–H and O–H groups in total. The first-order valence-corrected chi connectivity index (χ1v) is 10.3. The van der Waals surface area contributed by atoms with Crippen LogP contribution in [0.1, 0.15) is 65.2 Å². The number of allylic oxidation sites excluding steroid dienone is 3. The molecule has 0 aromatic carbocycles. The van der Waals surface area contributed by atoms with Crippen LogP contribution in [0.4, 0.5) is 0 Å². The maximum absolute atomic E-state index is 5.49. The normalized spacial score (nSPS) is 44.8. The molecule has 138 valence electrons. The van der Waals surface area contributed by atoms with Crippen LogP contribution in [0.25, 0.3) is 0 Å². The average molecular weight is 343 g/mol. The molecule has 3 heteroatoms. The number of rotatable bonds is 3. The van der Waals surface area contributed by atoms with Gasteiger partial charge in [0.25, 0.3) is 0 Å². The Hall–Kier alpha value is -1.09. The van der Waals surface area contributed by atoms with Crippen LogP contribution in [0.2, 0.25) is 0 Å². The number of fused-ring (bicyclic) bond motifs is 5. The van der Waals surface area contributed by atoms with Crippen LogP contribution in [0.3, 0.4) is 0 Å². The Labute approximate surface area is 152 Å². The topological polar surface area (TPSA) is 47.6 Å². The lowest BCUT2D eigenvalue weighted by Crippen LogP contribution is -2.49. The summed E-state index contributed by atoms with van der Waals surface area (Å²) in [4.78, 5) is 5.33. The van der Waals surface area contributed by atoms with Crippen molar-refractivity contribution in [2.45, 2.75) is 65.2 Å². The average Bonchev–Trinajstić information content (AvgIpc) is 2.90. The first-order valence-electron chi connectivity index (χ1n) is 10.3. The summed E-state index contributed by atoms with van der Waals surface area (Å²) in [6.45, 7) is 10.5. The molecule has 4 aliphatic carbocycles. The van der Waals surface area contributed by atoms with E-state index in [9.17, 15) is 0 Å². The van der Waals surface area contributed by atoms with Crippen molar-refractivity contribution in [2.75, 3.05) is 13.2 Å². The lowest BCUT2D eigenvalue weighted by Gasteiger charge is -2.57. The first-order chi connectivity index (χ1) is 12.0. The van der Waals surface area contributed by atoms with E-state index in [-0.39, 0.29) is 0 Å². The number of hydrogen-bond acceptors (Lipinski definition) is 3. The van der Waals surface area contributed by atoms with Crippen LogP contribution in [0, 0.1) is 28.6 Å². The summed E-state index contributed by atoms with van der Waals surface area (Å²) in [7, 11) is 0. The van der Waals surface area contributed by atoms with E-state index in [1.54, 1.807) is 5.57 Å². The van der Waals surface area contributed by atoms with Gasteiger partial charge in [0.15, 0.2) is 0 Å². The SMILES string of the molecule is C=C1CCC2C3CCC4=CC(=NOCCN)CC[C@]4(C)C3CC[C@]12C. The van der Waals surface area contributed by atoms with E-state index in [2.05, 4.69) is 31.7 Å². The molecule has 3 unspecified atom stereocenters. The molecule has 0 aliphatic heterocycles. The Balaban J connectivity index is 1.58. The van der Waals surface area contributed by atoms with Crippen LogP contribution in [0.15, 0.2) is 29.0 Å². The highest BCUT2D eigenvalue weighted by Crippen LogP contribution is 2.66. The zero-order valence-corrected chi connectivity index (χ0v) is 16.0. The zero-order valence-electron chi connectivity index (χ0n) is 16.0. The van der Waals surface area contributed by atoms with Gasteiger partial charge in [0.1, 0.15) is 6.61 Å². The van der Waals surface area contributed by atoms with Crippen molar-refractivity contribution in [3.05, 3.63) is 23.8 Å². The third kappa shape index (κ3) is 2.61. The summed E-state index contributed by atoms with van der Waals surface area (Å²) in [6.07, 6.45) is 12.6. The molecule has 0 aromatic heterocycles. The number of hydrogen-bond donors (Lipinski definition) is 1. The second-order valence-corrected chi connectivity index (χ2v) is 9.31. The molecule has 3 nitrogen and oxygen atoms in total.